The Bertz CT molecular complexity index is 1190. The zero-order chi connectivity index (χ0) is 26.1. The molecule has 0 bridgehead atoms. The van der Waals surface area contributed by atoms with Crippen molar-refractivity contribution in [3.63, 3.8) is 0 Å². The highest BCUT2D eigenvalue weighted by Gasteiger charge is 2.37. The lowest BCUT2D eigenvalue weighted by molar-refractivity contribution is -0.143. The molecule has 13 heteroatoms. The maximum Gasteiger partial charge on any atom is 0.416 e. The molecule has 1 amide bonds. The largest absolute Gasteiger partial charge is 0.493 e. The SMILES string of the molecule is COc1cc(-c2cc(C(N)=O)n(Cc3cc(C(F)(F)F)cc(C(F)(F)F)c3)n2)cc(OC)c1OC. The highest BCUT2D eigenvalue weighted by atomic mass is 19.4. The zero-order valence-electron chi connectivity index (χ0n) is 18.5. The minimum absolute atomic E-state index is 0.0168. The number of amides is 1. The number of nitrogens with zero attached hydrogens (tertiary/aromatic N) is 2. The smallest absolute Gasteiger partial charge is 0.416 e. The Morgan fingerprint density at radius 3 is 1.77 bits per heavy atom. The van der Waals surface area contributed by atoms with Crippen LogP contribution in [0.4, 0.5) is 26.3 Å². The van der Waals surface area contributed by atoms with Gasteiger partial charge in [-0.1, -0.05) is 0 Å². The van der Waals surface area contributed by atoms with Crippen molar-refractivity contribution >= 4 is 5.91 Å². The second kappa shape index (κ2) is 9.39. The maximum atomic E-state index is 13.2. The molecule has 3 aromatic rings. The quantitative estimate of drug-likeness (QED) is 0.470. The molecule has 1 heterocycles. The Morgan fingerprint density at radius 2 is 1.37 bits per heavy atom. The van der Waals surface area contributed by atoms with Gasteiger partial charge in [-0.15, -0.1) is 0 Å². The van der Waals surface area contributed by atoms with E-state index in [-0.39, 0.29) is 40.3 Å². The Morgan fingerprint density at radius 1 is 0.857 bits per heavy atom. The molecule has 2 aromatic carbocycles. The van der Waals surface area contributed by atoms with E-state index in [1.54, 1.807) is 0 Å². The van der Waals surface area contributed by atoms with Gasteiger partial charge in [-0.05, 0) is 42.0 Å². The van der Waals surface area contributed by atoms with Crippen LogP contribution in [0.2, 0.25) is 0 Å². The number of hydrogen-bond donors (Lipinski definition) is 1. The average Bonchev–Trinajstić information content (AvgIpc) is 3.20. The monoisotopic (exact) mass is 503 g/mol. The fourth-order valence-corrected chi connectivity index (χ4v) is 3.39. The standard InChI is InChI=1S/C22H19F6N3O4/c1-33-17-6-12(7-18(34-2)19(17)35-3)15-9-16(20(29)32)31(30-15)10-11-4-13(21(23,24)25)8-14(5-11)22(26,27)28/h4-9H,10H2,1-3H3,(H2,29,32). The summed E-state index contributed by atoms with van der Waals surface area (Å²) in [6.07, 6.45) is -10.0. The van der Waals surface area contributed by atoms with Crippen molar-refractivity contribution in [2.75, 3.05) is 21.3 Å². The number of benzene rings is 2. The zero-order valence-corrected chi connectivity index (χ0v) is 18.5. The number of primary amides is 1. The van der Waals surface area contributed by atoms with Gasteiger partial charge in [0, 0.05) is 5.56 Å². The number of rotatable bonds is 7. The molecule has 0 fully saturated rings. The van der Waals surface area contributed by atoms with Crippen LogP contribution in [-0.2, 0) is 18.9 Å². The van der Waals surface area contributed by atoms with Crippen molar-refractivity contribution < 1.29 is 45.3 Å². The molecule has 7 nitrogen and oxygen atoms in total. The van der Waals surface area contributed by atoms with Gasteiger partial charge in [0.15, 0.2) is 11.5 Å². The number of carbonyl (C=O) groups is 1. The van der Waals surface area contributed by atoms with Gasteiger partial charge in [-0.2, -0.15) is 31.4 Å². The van der Waals surface area contributed by atoms with E-state index < -0.39 is 35.9 Å². The van der Waals surface area contributed by atoms with E-state index in [0.717, 1.165) is 4.68 Å². The van der Waals surface area contributed by atoms with Crippen LogP contribution in [-0.4, -0.2) is 37.0 Å². The lowest BCUT2D eigenvalue weighted by Crippen LogP contribution is -2.19. The molecule has 35 heavy (non-hydrogen) atoms. The highest BCUT2D eigenvalue weighted by molar-refractivity contribution is 5.92. The van der Waals surface area contributed by atoms with Crippen molar-refractivity contribution in [1.82, 2.24) is 9.78 Å². The van der Waals surface area contributed by atoms with E-state index in [4.69, 9.17) is 19.9 Å². The van der Waals surface area contributed by atoms with Gasteiger partial charge in [0.2, 0.25) is 5.75 Å². The molecule has 0 radical (unpaired) electrons. The minimum Gasteiger partial charge on any atom is -0.493 e. The second-order valence-electron chi connectivity index (χ2n) is 7.26. The summed E-state index contributed by atoms with van der Waals surface area (Å²) in [4.78, 5) is 12.0. The van der Waals surface area contributed by atoms with Crippen LogP contribution in [0.5, 0.6) is 17.2 Å². The van der Waals surface area contributed by atoms with E-state index in [1.807, 2.05) is 0 Å². The number of hydrogen-bond acceptors (Lipinski definition) is 5. The van der Waals surface area contributed by atoms with Crippen LogP contribution in [0.3, 0.4) is 0 Å². The molecule has 2 N–H and O–H groups in total. The molecule has 188 valence electrons. The molecular weight excluding hydrogens is 484 g/mol. The molecule has 0 spiro atoms. The molecule has 0 aliphatic rings. The summed E-state index contributed by atoms with van der Waals surface area (Å²) < 4.78 is 96.0. The number of halogens is 6. The van der Waals surface area contributed by atoms with Crippen LogP contribution in [0, 0.1) is 0 Å². The van der Waals surface area contributed by atoms with Crippen LogP contribution in [0.1, 0.15) is 27.2 Å². The van der Waals surface area contributed by atoms with Crippen molar-refractivity contribution in [1.29, 1.82) is 0 Å². The Balaban J connectivity index is 2.13. The molecule has 0 atom stereocenters. The fraction of sp³-hybridized carbons (Fsp3) is 0.273. The Labute approximate surface area is 195 Å². The van der Waals surface area contributed by atoms with E-state index in [9.17, 15) is 31.1 Å². The predicted octanol–water partition coefficient (Wildman–Crippen LogP) is 4.76. The third-order valence-electron chi connectivity index (χ3n) is 4.97. The minimum atomic E-state index is -5.02. The van der Waals surface area contributed by atoms with Gasteiger partial charge in [0.25, 0.3) is 5.91 Å². The lowest BCUT2D eigenvalue weighted by atomic mass is 10.0. The third kappa shape index (κ3) is 5.44. The number of alkyl halides is 6. The number of nitrogens with two attached hydrogens (primary N) is 1. The summed E-state index contributed by atoms with van der Waals surface area (Å²) in [5, 5.41) is 4.19. The summed E-state index contributed by atoms with van der Waals surface area (Å²) in [6.45, 7) is -0.588. The van der Waals surface area contributed by atoms with Crippen molar-refractivity contribution in [2.24, 2.45) is 5.73 Å². The first kappa shape index (κ1) is 25.7. The van der Waals surface area contributed by atoms with Crippen LogP contribution < -0.4 is 19.9 Å². The Kier molecular flexibility index (Phi) is 6.90. The normalized spacial score (nSPS) is 11.9. The number of aromatic nitrogens is 2. The molecule has 0 unspecified atom stereocenters. The van der Waals surface area contributed by atoms with Gasteiger partial charge < -0.3 is 19.9 Å². The summed E-state index contributed by atoms with van der Waals surface area (Å²) in [5.41, 5.74) is 2.30. The first-order valence-electron chi connectivity index (χ1n) is 9.74. The fourth-order valence-electron chi connectivity index (χ4n) is 3.39. The molecule has 3 rings (SSSR count). The molecule has 0 aliphatic carbocycles. The topological polar surface area (TPSA) is 88.6 Å². The first-order valence-corrected chi connectivity index (χ1v) is 9.74. The third-order valence-corrected chi connectivity index (χ3v) is 4.97. The lowest BCUT2D eigenvalue weighted by Gasteiger charge is -2.15. The van der Waals surface area contributed by atoms with E-state index in [2.05, 4.69) is 5.10 Å². The van der Waals surface area contributed by atoms with Crippen LogP contribution in [0.25, 0.3) is 11.3 Å². The summed E-state index contributed by atoms with van der Waals surface area (Å²) >= 11 is 0. The molecular formula is C22H19F6N3O4. The van der Waals surface area contributed by atoms with Crippen LogP contribution in [0.15, 0.2) is 36.4 Å². The van der Waals surface area contributed by atoms with E-state index >= 15 is 0 Å². The molecule has 0 aliphatic heterocycles. The number of carbonyl (C=O) groups excluding carboxylic acids is 1. The molecule has 0 saturated heterocycles. The average molecular weight is 503 g/mol. The maximum absolute atomic E-state index is 13.2. The molecule has 0 saturated carbocycles. The van der Waals surface area contributed by atoms with Crippen molar-refractivity contribution in [3.05, 3.63) is 58.8 Å². The Hall–Kier alpha value is -3.90. The van der Waals surface area contributed by atoms with Gasteiger partial charge >= 0.3 is 12.4 Å². The second-order valence-corrected chi connectivity index (χ2v) is 7.26. The van der Waals surface area contributed by atoms with Gasteiger partial charge in [0.05, 0.1) is 44.7 Å². The van der Waals surface area contributed by atoms with Gasteiger partial charge in [0.1, 0.15) is 5.69 Å². The van der Waals surface area contributed by atoms with E-state index in [0.29, 0.717) is 17.7 Å². The van der Waals surface area contributed by atoms with Crippen molar-refractivity contribution in [2.45, 2.75) is 18.9 Å². The predicted molar refractivity (Wildman–Crippen MR) is 111 cm³/mol. The summed E-state index contributed by atoms with van der Waals surface area (Å²) in [7, 11) is 4.14. The van der Waals surface area contributed by atoms with Crippen molar-refractivity contribution in [3.8, 4) is 28.5 Å². The number of ether oxygens (including phenoxy) is 3. The summed E-state index contributed by atoms with van der Waals surface area (Å²) in [6, 6.07) is 5.39. The highest BCUT2D eigenvalue weighted by Crippen LogP contribution is 2.41. The summed E-state index contributed by atoms with van der Waals surface area (Å²) in [5.74, 6) is -0.203. The van der Waals surface area contributed by atoms with Crippen LogP contribution >= 0.6 is 0 Å². The first-order chi connectivity index (χ1) is 16.3. The van der Waals surface area contributed by atoms with Gasteiger partial charge in [-0.3, -0.25) is 9.48 Å². The number of methoxy groups -OCH3 is 3. The van der Waals surface area contributed by atoms with Gasteiger partial charge in [-0.25, -0.2) is 0 Å². The molecule has 1 aromatic heterocycles. The van der Waals surface area contributed by atoms with E-state index in [1.165, 1.54) is 39.5 Å².